The van der Waals surface area contributed by atoms with Gasteiger partial charge in [-0.1, -0.05) is 0 Å². The van der Waals surface area contributed by atoms with Crippen LogP contribution in [0.4, 0.5) is 0 Å². The molecule has 1 aromatic carbocycles. The van der Waals surface area contributed by atoms with Gasteiger partial charge in [0.15, 0.2) is 0 Å². The molecule has 146 valence electrons. The second kappa shape index (κ2) is 7.85. The molecule has 0 spiro atoms. The van der Waals surface area contributed by atoms with Crippen LogP contribution in [0.2, 0.25) is 0 Å². The predicted molar refractivity (Wildman–Crippen MR) is 107 cm³/mol. The lowest BCUT2D eigenvalue weighted by Crippen LogP contribution is -2.28. The number of benzene rings is 1. The van der Waals surface area contributed by atoms with Crippen LogP contribution in [0.3, 0.4) is 0 Å². The molecule has 0 saturated carbocycles. The number of nitrogens with one attached hydrogen (secondary N) is 4. The molecule has 3 heterocycles. The van der Waals surface area contributed by atoms with Gasteiger partial charge in [0.1, 0.15) is 17.9 Å². The van der Waals surface area contributed by atoms with Crippen LogP contribution in [0.25, 0.3) is 22.3 Å². The number of hydrogen-bond donors (Lipinski definition) is 4. The Kier molecular flexibility index (Phi) is 4.93. The second-order valence-corrected chi connectivity index (χ2v) is 6.24. The van der Waals surface area contributed by atoms with Crippen molar-refractivity contribution in [3.63, 3.8) is 0 Å². The number of rotatable bonds is 6. The van der Waals surface area contributed by atoms with Crippen LogP contribution in [-0.4, -0.2) is 39.0 Å². The minimum atomic E-state index is -0.548. The van der Waals surface area contributed by atoms with E-state index in [9.17, 15) is 14.4 Å². The van der Waals surface area contributed by atoms with Gasteiger partial charge in [-0.05, 0) is 48.0 Å². The van der Waals surface area contributed by atoms with E-state index in [1.165, 1.54) is 0 Å². The van der Waals surface area contributed by atoms with E-state index in [4.69, 9.17) is 4.74 Å². The Hall–Kier alpha value is -4.14. The second-order valence-electron chi connectivity index (χ2n) is 6.24. The summed E-state index contributed by atoms with van der Waals surface area (Å²) in [6.07, 6.45) is 3.13. The van der Waals surface area contributed by atoms with Crippen LogP contribution in [0.5, 0.6) is 5.75 Å². The highest BCUT2D eigenvalue weighted by atomic mass is 16.5. The van der Waals surface area contributed by atoms with Gasteiger partial charge in [0.05, 0.1) is 12.1 Å². The molecule has 0 aliphatic heterocycles. The van der Waals surface area contributed by atoms with Gasteiger partial charge in [-0.2, -0.15) is 0 Å². The molecule has 0 radical (unpaired) electrons. The molecule has 0 aliphatic rings. The number of fused-ring (bicyclic) bond motifs is 1. The van der Waals surface area contributed by atoms with E-state index in [0.717, 1.165) is 5.56 Å². The van der Waals surface area contributed by atoms with Crippen LogP contribution < -0.4 is 21.3 Å². The van der Waals surface area contributed by atoms with Gasteiger partial charge >= 0.3 is 5.69 Å². The maximum Gasteiger partial charge on any atom is 0.326 e. The standard InChI is InChI=1S/C20H17N5O4/c26-18(13-5-7-21-8-6-13)22-9-10-29-14-3-1-12(2-4-14)15-11-16-17(23-15)19(27)25-20(28)24-16/h1-8,11,23H,9-10H2,(H,22,26)(H2,24,25,27,28). The smallest absolute Gasteiger partial charge is 0.326 e. The Labute approximate surface area is 163 Å². The highest BCUT2D eigenvalue weighted by Crippen LogP contribution is 2.23. The van der Waals surface area contributed by atoms with E-state index < -0.39 is 11.2 Å². The van der Waals surface area contributed by atoms with Crippen LogP contribution in [0.15, 0.2) is 64.4 Å². The maximum atomic E-state index is 11.9. The fourth-order valence-corrected chi connectivity index (χ4v) is 2.88. The van der Waals surface area contributed by atoms with Gasteiger partial charge in [0, 0.05) is 23.7 Å². The van der Waals surface area contributed by atoms with Gasteiger partial charge in [0.25, 0.3) is 11.5 Å². The SMILES string of the molecule is O=C(NCCOc1ccc(-c2cc3[nH]c(=O)[nH]c(=O)c3[nH]2)cc1)c1ccncc1. The maximum absolute atomic E-state index is 11.9. The Morgan fingerprint density at radius 3 is 2.52 bits per heavy atom. The number of hydrogen-bond acceptors (Lipinski definition) is 5. The number of aromatic nitrogens is 4. The average Bonchev–Trinajstić information content (AvgIpc) is 3.16. The van der Waals surface area contributed by atoms with Crippen LogP contribution in [0.1, 0.15) is 10.4 Å². The number of aromatic amines is 3. The van der Waals surface area contributed by atoms with Gasteiger partial charge in [-0.15, -0.1) is 0 Å². The van der Waals surface area contributed by atoms with Crippen molar-refractivity contribution in [2.24, 2.45) is 0 Å². The van der Waals surface area contributed by atoms with Gasteiger partial charge in [0.2, 0.25) is 0 Å². The first kappa shape index (κ1) is 18.2. The van der Waals surface area contributed by atoms with E-state index >= 15 is 0 Å². The molecule has 0 fully saturated rings. The summed E-state index contributed by atoms with van der Waals surface area (Å²) < 4.78 is 5.64. The van der Waals surface area contributed by atoms with Crippen LogP contribution >= 0.6 is 0 Å². The molecule has 9 heteroatoms. The highest BCUT2D eigenvalue weighted by molar-refractivity contribution is 5.93. The molecule has 0 aliphatic carbocycles. The van der Waals surface area contributed by atoms with Gasteiger partial charge in [-0.3, -0.25) is 19.6 Å². The van der Waals surface area contributed by atoms with E-state index in [0.29, 0.717) is 41.2 Å². The number of ether oxygens (including phenoxy) is 1. The molecule has 1 amide bonds. The fraction of sp³-hybridized carbons (Fsp3) is 0.100. The molecule has 4 N–H and O–H groups in total. The number of amides is 1. The van der Waals surface area contributed by atoms with E-state index in [2.05, 4.69) is 25.3 Å². The number of carbonyl (C=O) groups is 1. The first-order valence-electron chi connectivity index (χ1n) is 8.87. The minimum Gasteiger partial charge on any atom is -0.492 e. The Bertz CT molecular complexity index is 1260. The highest BCUT2D eigenvalue weighted by Gasteiger charge is 2.08. The van der Waals surface area contributed by atoms with Crippen molar-refractivity contribution in [2.45, 2.75) is 0 Å². The van der Waals surface area contributed by atoms with Gasteiger partial charge < -0.3 is 20.0 Å². The van der Waals surface area contributed by atoms with Crippen LogP contribution in [-0.2, 0) is 0 Å². The summed E-state index contributed by atoms with van der Waals surface area (Å²) in [6, 6.07) is 12.2. The van der Waals surface area contributed by atoms with Crippen molar-refractivity contribution in [3.8, 4) is 17.0 Å². The quantitative estimate of drug-likeness (QED) is 0.369. The number of carbonyl (C=O) groups excluding carboxylic acids is 1. The van der Waals surface area contributed by atoms with Crippen LogP contribution in [0, 0.1) is 0 Å². The zero-order chi connectivity index (χ0) is 20.2. The third-order valence-electron chi connectivity index (χ3n) is 4.28. The van der Waals surface area contributed by atoms with Gasteiger partial charge in [-0.25, -0.2) is 4.79 Å². The van der Waals surface area contributed by atoms with Crippen molar-refractivity contribution in [2.75, 3.05) is 13.2 Å². The van der Waals surface area contributed by atoms with Crippen molar-refractivity contribution < 1.29 is 9.53 Å². The van der Waals surface area contributed by atoms with E-state index in [1.807, 2.05) is 12.1 Å². The Morgan fingerprint density at radius 2 is 1.76 bits per heavy atom. The van der Waals surface area contributed by atoms with Crippen molar-refractivity contribution >= 4 is 16.9 Å². The summed E-state index contributed by atoms with van der Waals surface area (Å²) >= 11 is 0. The normalized spacial score (nSPS) is 10.8. The lowest BCUT2D eigenvalue weighted by Gasteiger charge is -2.08. The molecular weight excluding hydrogens is 374 g/mol. The monoisotopic (exact) mass is 391 g/mol. The minimum absolute atomic E-state index is 0.182. The molecule has 0 unspecified atom stereocenters. The first-order valence-corrected chi connectivity index (χ1v) is 8.87. The fourth-order valence-electron chi connectivity index (χ4n) is 2.88. The summed E-state index contributed by atoms with van der Waals surface area (Å²) in [7, 11) is 0. The largest absolute Gasteiger partial charge is 0.492 e. The molecule has 4 rings (SSSR count). The zero-order valence-corrected chi connectivity index (χ0v) is 15.2. The summed E-state index contributed by atoms with van der Waals surface area (Å²) in [4.78, 5) is 46.8. The molecule has 9 nitrogen and oxygen atoms in total. The lowest BCUT2D eigenvalue weighted by molar-refractivity contribution is 0.0947. The summed E-state index contributed by atoms with van der Waals surface area (Å²) in [5, 5.41) is 2.77. The first-order chi connectivity index (χ1) is 14.1. The Balaban J connectivity index is 1.36. The average molecular weight is 391 g/mol. The summed E-state index contributed by atoms with van der Waals surface area (Å²) in [6.45, 7) is 0.681. The predicted octanol–water partition coefficient (Wildman–Crippen LogP) is 1.42. The number of H-pyrrole nitrogens is 3. The number of pyridine rings is 1. The molecule has 0 saturated heterocycles. The lowest BCUT2D eigenvalue weighted by atomic mass is 10.1. The topological polar surface area (TPSA) is 133 Å². The summed E-state index contributed by atoms with van der Waals surface area (Å²) in [5.41, 5.74) is 1.81. The molecule has 3 aromatic heterocycles. The van der Waals surface area contributed by atoms with E-state index in [1.54, 1.807) is 42.7 Å². The van der Waals surface area contributed by atoms with Crippen molar-refractivity contribution in [3.05, 3.63) is 81.3 Å². The Morgan fingerprint density at radius 1 is 1.00 bits per heavy atom. The third-order valence-corrected chi connectivity index (χ3v) is 4.28. The summed E-state index contributed by atoms with van der Waals surface area (Å²) in [5.74, 6) is 0.465. The van der Waals surface area contributed by atoms with E-state index in [-0.39, 0.29) is 5.91 Å². The van der Waals surface area contributed by atoms with Crippen molar-refractivity contribution in [1.29, 1.82) is 0 Å². The molecule has 0 bridgehead atoms. The molecule has 0 atom stereocenters. The van der Waals surface area contributed by atoms with Crippen molar-refractivity contribution in [1.82, 2.24) is 25.3 Å². The number of nitrogens with zero attached hydrogens (tertiary/aromatic N) is 1. The molecular formula is C20H17N5O4. The zero-order valence-electron chi connectivity index (χ0n) is 15.2. The molecule has 4 aromatic rings. The molecule has 29 heavy (non-hydrogen) atoms. The third kappa shape index (κ3) is 4.08.